The highest BCUT2D eigenvalue weighted by Crippen LogP contribution is 2.26. The number of aromatic amines is 2. The number of aromatic nitrogens is 2. The zero-order chi connectivity index (χ0) is 17.3. The van der Waals surface area contributed by atoms with Gasteiger partial charge in [0, 0.05) is 0 Å². The molecule has 5 nitrogen and oxygen atoms in total. The van der Waals surface area contributed by atoms with Crippen molar-refractivity contribution in [1.29, 1.82) is 0 Å². The molecular weight excluding hydrogens is 344 g/mol. The second-order valence-corrected chi connectivity index (χ2v) is 7.68. The quantitative estimate of drug-likeness (QED) is 0.702. The smallest absolute Gasteiger partial charge is 0.286 e. The van der Waals surface area contributed by atoms with Crippen molar-refractivity contribution in [3.63, 3.8) is 0 Å². The van der Waals surface area contributed by atoms with Crippen molar-refractivity contribution in [3.05, 3.63) is 54.1 Å². The summed E-state index contributed by atoms with van der Waals surface area (Å²) in [4.78, 5) is 6.12. The number of methoxy groups -OCH3 is 1. The van der Waals surface area contributed by atoms with Gasteiger partial charge in [0.05, 0.1) is 17.6 Å². The molecular formula is C17H17N2O3S2+. The standard InChI is InChI=1S/C17H16N2O3S2/c1-11-3-9-14(10-4-11)24(20,21)17-16(23)18-15(19-17)12-5-7-13(22-2)8-6-12/h3-10,23H,1-2H3,(H,18,19)/p+1. The number of aryl methyl sites for hydroxylation is 1. The van der Waals surface area contributed by atoms with Crippen LogP contribution in [0.5, 0.6) is 5.75 Å². The highest BCUT2D eigenvalue weighted by molar-refractivity contribution is 7.92. The van der Waals surface area contributed by atoms with E-state index in [0.717, 1.165) is 16.9 Å². The first kappa shape index (κ1) is 16.6. The molecule has 124 valence electrons. The van der Waals surface area contributed by atoms with Crippen molar-refractivity contribution >= 4 is 22.5 Å². The molecule has 0 aliphatic heterocycles. The fraction of sp³-hybridized carbons (Fsp3) is 0.118. The number of nitrogens with one attached hydrogen (secondary N) is 2. The number of hydrogen-bond donors (Lipinski definition) is 2. The van der Waals surface area contributed by atoms with E-state index < -0.39 is 9.84 Å². The van der Waals surface area contributed by atoms with Crippen LogP contribution in [0.25, 0.3) is 11.4 Å². The van der Waals surface area contributed by atoms with E-state index in [1.54, 1.807) is 43.5 Å². The van der Waals surface area contributed by atoms with Crippen molar-refractivity contribution in [1.82, 2.24) is 4.98 Å². The van der Waals surface area contributed by atoms with E-state index in [9.17, 15) is 8.42 Å². The van der Waals surface area contributed by atoms with Gasteiger partial charge in [0.25, 0.3) is 10.9 Å². The lowest BCUT2D eigenvalue weighted by molar-refractivity contribution is -0.412. The second-order valence-electron chi connectivity index (χ2n) is 5.35. The van der Waals surface area contributed by atoms with Gasteiger partial charge in [0.2, 0.25) is 14.9 Å². The molecule has 0 atom stereocenters. The molecule has 3 rings (SSSR count). The van der Waals surface area contributed by atoms with Gasteiger partial charge in [-0.25, -0.2) is 18.4 Å². The Morgan fingerprint density at radius 3 is 2.25 bits per heavy atom. The number of ether oxygens (including phenoxy) is 1. The number of thiol groups is 1. The summed E-state index contributed by atoms with van der Waals surface area (Å²) in [7, 11) is -2.08. The minimum atomic E-state index is -3.67. The van der Waals surface area contributed by atoms with Gasteiger partial charge in [-0.2, -0.15) is 0 Å². The Kier molecular flexibility index (Phi) is 4.38. The third-order valence-corrected chi connectivity index (χ3v) is 5.90. The Morgan fingerprint density at radius 2 is 1.67 bits per heavy atom. The molecule has 1 aromatic heterocycles. The molecule has 0 radical (unpaired) electrons. The van der Waals surface area contributed by atoms with Crippen molar-refractivity contribution in [2.24, 2.45) is 0 Å². The van der Waals surface area contributed by atoms with E-state index >= 15 is 0 Å². The number of H-pyrrole nitrogens is 2. The van der Waals surface area contributed by atoms with Gasteiger partial charge in [-0.3, -0.25) is 0 Å². The Morgan fingerprint density at radius 1 is 1.04 bits per heavy atom. The van der Waals surface area contributed by atoms with Gasteiger partial charge in [0.1, 0.15) is 5.75 Å². The van der Waals surface area contributed by atoms with Crippen molar-refractivity contribution in [3.8, 4) is 17.1 Å². The number of rotatable bonds is 4. The average Bonchev–Trinajstić information content (AvgIpc) is 2.98. The van der Waals surface area contributed by atoms with Gasteiger partial charge >= 0.3 is 0 Å². The summed E-state index contributed by atoms with van der Waals surface area (Å²) >= 11 is 4.28. The highest BCUT2D eigenvalue weighted by Gasteiger charge is 2.29. The van der Waals surface area contributed by atoms with Crippen molar-refractivity contribution in [2.45, 2.75) is 21.9 Å². The maximum absolute atomic E-state index is 12.8. The van der Waals surface area contributed by atoms with Crippen LogP contribution in [0.3, 0.4) is 0 Å². The molecule has 0 unspecified atom stereocenters. The largest absolute Gasteiger partial charge is 0.497 e. The Bertz CT molecular complexity index is 960. The second kappa shape index (κ2) is 6.33. The molecule has 0 aliphatic carbocycles. The summed E-state index contributed by atoms with van der Waals surface area (Å²) in [5.41, 5.74) is 1.80. The Labute approximate surface area is 146 Å². The number of hydrogen-bond acceptors (Lipinski definition) is 4. The normalized spacial score (nSPS) is 11.5. The van der Waals surface area contributed by atoms with Crippen molar-refractivity contribution in [2.75, 3.05) is 7.11 Å². The summed E-state index contributed by atoms with van der Waals surface area (Å²) in [6.45, 7) is 1.91. The average molecular weight is 361 g/mol. The van der Waals surface area contributed by atoms with E-state index in [0.29, 0.717) is 5.82 Å². The predicted molar refractivity (Wildman–Crippen MR) is 93.2 cm³/mol. The van der Waals surface area contributed by atoms with E-state index in [2.05, 4.69) is 22.6 Å². The molecule has 2 N–H and O–H groups in total. The molecule has 0 saturated carbocycles. The molecule has 0 saturated heterocycles. The Hall–Kier alpha value is -2.25. The first-order valence-corrected chi connectivity index (χ1v) is 9.15. The SMILES string of the molecule is COc1ccc(-c2[nH]c(S(=O)(=O)c3ccc(C)cc3)c(S)[nH+]2)cc1. The molecule has 24 heavy (non-hydrogen) atoms. The van der Waals surface area contributed by atoms with E-state index in [-0.39, 0.29) is 14.9 Å². The van der Waals surface area contributed by atoms with Gasteiger partial charge in [-0.05, 0) is 43.3 Å². The summed E-state index contributed by atoms with van der Waals surface area (Å²) < 4.78 is 30.7. The van der Waals surface area contributed by atoms with Crippen LogP contribution in [0.2, 0.25) is 0 Å². The summed E-state index contributed by atoms with van der Waals surface area (Å²) in [6.07, 6.45) is 0. The molecule has 0 aliphatic rings. The number of benzene rings is 2. The van der Waals surface area contributed by atoms with Crippen LogP contribution >= 0.6 is 12.6 Å². The van der Waals surface area contributed by atoms with Gasteiger partial charge in [0.15, 0.2) is 0 Å². The predicted octanol–water partition coefficient (Wildman–Crippen LogP) is 2.93. The zero-order valence-electron chi connectivity index (χ0n) is 13.2. The maximum atomic E-state index is 12.8. The van der Waals surface area contributed by atoms with Crippen molar-refractivity contribution < 1.29 is 18.1 Å². The van der Waals surface area contributed by atoms with Crippen LogP contribution in [0, 0.1) is 6.92 Å². The van der Waals surface area contributed by atoms with Crippen LogP contribution in [0.1, 0.15) is 5.56 Å². The van der Waals surface area contributed by atoms with Crippen LogP contribution in [-0.4, -0.2) is 20.5 Å². The lowest BCUT2D eigenvalue weighted by Gasteiger charge is -2.00. The monoisotopic (exact) mass is 361 g/mol. The lowest BCUT2D eigenvalue weighted by atomic mass is 10.2. The first-order valence-electron chi connectivity index (χ1n) is 7.22. The third kappa shape index (κ3) is 3.05. The molecule has 7 heteroatoms. The van der Waals surface area contributed by atoms with E-state index in [1.165, 1.54) is 0 Å². The molecule has 0 spiro atoms. The summed E-state index contributed by atoms with van der Waals surface area (Å²) in [5.74, 6) is 1.29. The van der Waals surface area contributed by atoms with Crippen LogP contribution in [-0.2, 0) is 9.84 Å². The fourth-order valence-electron chi connectivity index (χ4n) is 2.31. The minimum absolute atomic E-state index is 0.0421. The first-order chi connectivity index (χ1) is 11.4. The number of imidazole rings is 1. The van der Waals surface area contributed by atoms with Crippen LogP contribution < -0.4 is 9.72 Å². The molecule has 0 bridgehead atoms. The van der Waals surface area contributed by atoms with Gasteiger partial charge in [-0.1, -0.05) is 30.3 Å². The Balaban J connectivity index is 2.03. The zero-order valence-corrected chi connectivity index (χ0v) is 14.9. The van der Waals surface area contributed by atoms with Gasteiger partial charge in [-0.15, -0.1) is 0 Å². The summed E-state index contributed by atoms with van der Waals surface area (Å²) in [5, 5.41) is 0.307. The van der Waals surface area contributed by atoms with Gasteiger partial charge < -0.3 is 4.74 Å². The molecule has 0 fully saturated rings. The number of sulfone groups is 1. The fourth-order valence-corrected chi connectivity index (χ4v) is 4.11. The molecule has 3 aromatic rings. The summed E-state index contributed by atoms with van der Waals surface area (Å²) in [6, 6.07) is 14.0. The van der Waals surface area contributed by atoms with Crippen LogP contribution in [0.15, 0.2) is 63.5 Å². The lowest BCUT2D eigenvalue weighted by Crippen LogP contribution is -2.06. The third-order valence-electron chi connectivity index (χ3n) is 3.68. The van der Waals surface area contributed by atoms with E-state index in [1.807, 2.05) is 19.1 Å². The maximum Gasteiger partial charge on any atom is 0.286 e. The van der Waals surface area contributed by atoms with E-state index in [4.69, 9.17) is 4.74 Å². The molecule has 1 heterocycles. The topological polar surface area (TPSA) is 73.3 Å². The highest BCUT2D eigenvalue weighted by atomic mass is 32.2. The van der Waals surface area contributed by atoms with Crippen LogP contribution in [0.4, 0.5) is 0 Å². The molecule has 2 aromatic carbocycles. The molecule has 0 amide bonds. The minimum Gasteiger partial charge on any atom is -0.497 e.